The number of nitrogens with two attached hydrogens (primary N) is 1. The summed E-state index contributed by atoms with van der Waals surface area (Å²) in [6.45, 7) is 11.7. The lowest BCUT2D eigenvalue weighted by Gasteiger charge is -2.14. The van der Waals surface area contributed by atoms with Crippen molar-refractivity contribution >= 4 is 5.96 Å². The average molecular weight is 277 g/mol. The molecule has 20 heavy (non-hydrogen) atoms. The van der Waals surface area contributed by atoms with Gasteiger partial charge < -0.3 is 15.8 Å². The zero-order valence-electron chi connectivity index (χ0n) is 13.2. The summed E-state index contributed by atoms with van der Waals surface area (Å²) in [7, 11) is 0. The molecule has 0 bridgehead atoms. The van der Waals surface area contributed by atoms with Crippen LogP contribution in [-0.2, 0) is 6.54 Å². The lowest BCUT2D eigenvalue weighted by Crippen LogP contribution is -2.34. The van der Waals surface area contributed by atoms with E-state index in [1.165, 1.54) is 5.56 Å². The Hall–Kier alpha value is -1.71. The minimum Gasteiger partial charge on any atom is -0.491 e. The minimum absolute atomic E-state index is 0.149. The summed E-state index contributed by atoms with van der Waals surface area (Å²) in [5, 5.41) is 3.11. The normalized spacial score (nSPS) is 12.1. The molecule has 0 amide bonds. The van der Waals surface area contributed by atoms with E-state index >= 15 is 0 Å². The van der Waals surface area contributed by atoms with Crippen molar-refractivity contribution in [3.05, 3.63) is 29.3 Å². The molecule has 0 heterocycles. The number of hydrogen-bond acceptors (Lipinski definition) is 2. The molecule has 0 fully saturated rings. The highest BCUT2D eigenvalue weighted by Crippen LogP contribution is 2.22. The Morgan fingerprint density at radius 2 is 2.00 bits per heavy atom. The van der Waals surface area contributed by atoms with Crippen LogP contribution in [0.1, 0.15) is 38.8 Å². The average Bonchev–Trinajstić information content (AvgIpc) is 2.34. The molecule has 1 aromatic rings. The molecule has 0 radical (unpaired) electrons. The van der Waals surface area contributed by atoms with Crippen molar-refractivity contribution < 1.29 is 4.74 Å². The summed E-state index contributed by atoms with van der Waals surface area (Å²) >= 11 is 0. The van der Waals surface area contributed by atoms with E-state index in [-0.39, 0.29) is 6.10 Å². The first-order valence-corrected chi connectivity index (χ1v) is 7.18. The summed E-state index contributed by atoms with van der Waals surface area (Å²) in [5.74, 6) is 1.91. The van der Waals surface area contributed by atoms with Crippen molar-refractivity contribution in [3.63, 3.8) is 0 Å². The number of benzene rings is 1. The molecule has 0 atom stereocenters. The second-order valence-corrected chi connectivity index (χ2v) is 5.75. The van der Waals surface area contributed by atoms with Crippen LogP contribution in [0.4, 0.5) is 0 Å². The molecule has 0 saturated heterocycles. The predicted octanol–water partition coefficient (Wildman–Crippen LogP) is 2.84. The van der Waals surface area contributed by atoms with E-state index in [1.54, 1.807) is 0 Å². The van der Waals surface area contributed by atoms with Gasteiger partial charge in [-0.2, -0.15) is 0 Å². The molecule has 0 aliphatic heterocycles. The van der Waals surface area contributed by atoms with E-state index in [0.717, 1.165) is 17.9 Å². The highest BCUT2D eigenvalue weighted by molar-refractivity contribution is 5.77. The van der Waals surface area contributed by atoms with Gasteiger partial charge in [0.1, 0.15) is 5.75 Å². The van der Waals surface area contributed by atoms with E-state index in [0.29, 0.717) is 18.4 Å². The van der Waals surface area contributed by atoms with Crippen LogP contribution in [0.3, 0.4) is 0 Å². The highest BCUT2D eigenvalue weighted by atomic mass is 16.5. The van der Waals surface area contributed by atoms with E-state index in [2.05, 4.69) is 37.1 Å². The van der Waals surface area contributed by atoms with Gasteiger partial charge in [-0.05, 0) is 38.3 Å². The maximum atomic E-state index is 5.85. The van der Waals surface area contributed by atoms with Crippen molar-refractivity contribution in [2.75, 3.05) is 6.54 Å². The number of ether oxygens (including phenoxy) is 1. The second kappa shape index (κ2) is 7.78. The first-order chi connectivity index (χ1) is 9.38. The standard InChI is InChI=1S/C16H27N3O/c1-11(2)9-18-16(17)19-10-14-7-6-13(5)8-15(14)20-12(3)4/h6-8,11-12H,9-10H2,1-5H3,(H3,17,18,19). The number of rotatable bonds is 6. The van der Waals surface area contributed by atoms with Gasteiger partial charge in [0.25, 0.3) is 0 Å². The lowest BCUT2D eigenvalue weighted by molar-refractivity contribution is 0.240. The van der Waals surface area contributed by atoms with E-state index < -0.39 is 0 Å². The molecule has 0 saturated carbocycles. The molecule has 4 heteroatoms. The Balaban J connectivity index is 2.73. The Kier molecular flexibility index (Phi) is 6.36. The summed E-state index contributed by atoms with van der Waals surface area (Å²) in [6, 6.07) is 6.16. The van der Waals surface area contributed by atoms with E-state index in [9.17, 15) is 0 Å². The van der Waals surface area contributed by atoms with E-state index in [1.807, 2.05) is 26.0 Å². The van der Waals surface area contributed by atoms with Gasteiger partial charge >= 0.3 is 0 Å². The van der Waals surface area contributed by atoms with Gasteiger partial charge in [0.2, 0.25) is 0 Å². The molecule has 112 valence electrons. The van der Waals surface area contributed by atoms with Gasteiger partial charge in [0.15, 0.2) is 5.96 Å². The Morgan fingerprint density at radius 3 is 2.60 bits per heavy atom. The molecule has 0 aromatic heterocycles. The summed E-state index contributed by atoms with van der Waals surface area (Å²) in [5.41, 5.74) is 8.08. The Morgan fingerprint density at radius 1 is 1.30 bits per heavy atom. The molecule has 1 aromatic carbocycles. The van der Waals surface area contributed by atoms with E-state index in [4.69, 9.17) is 10.5 Å². The van der Waals surface area contributed by atoms with Gasteiger partial charge in [0.05, 0.1) is 12.6 Å². The first-order valence-electron chi connectivity index (χ1n) is 7.18. The quantitative estimate of drug-likeness (QED) is 0.621. The number of guanidine groups is 1. The van der Waals surface area contributed by atoms with Gasteiger partial charge in [-0.1, -0.05) is 26.0 Å². The molecule has 0 spiro atoms. The van der Waals surface area contributed by atoms with Crippen molar-refractivity contribution in [3.8, 4) is 5.75 Å². The largest absolute Gasteiger partial charge is 0.491 e. The van der Waals surface area contributed by atoms with Gasteiger partial charge in [-0.25, -0.2) is 4.99 Å². The first kappa shape index (κ1) is 16.3. The third-order valence-corrected chi connectivity index (χ3v) is 2.70. The second-order valence-electron chi connectivity index (χ2n) is 5.75. The SMILES string of the molecule is Cc1ccc(CN=C(N)NCC(C)C)c(OC(C)C)c1. The molecular weight excluding hydrogens is 250 g/mol. The predicted molar refractivity (Wildman–Crippen MR) is 85.1 cm³/mol. The van der Waals surface area contributed by atoms with Gasteiger partial charge in [-0.3, -0.25) is 0 Å². The number of aliphatic imine (C=N–C) groups is 1. The van der Waals surface area contributed by atoms with Crippen molar-refractivity contribution in [2.24, 2.45) is 16.6 Å². The monoisotopic (exact) mass is 277 g/mol. The fraction of sp³-hybridized carbons (Fsp3) is 0.562. The number of aryl methyl sites for hydroxylation is 1. The summed E-state index contributed by atoms with van der Waals surface area (Å²) < 4.78 is 5.83. The van der Waals surface area contributed by atoms with Crippen LogP contribution >= 0.6 is 0 Å². The molecule has 1 rings (SSSR count). The summed E-state index contributed by atoms with van der Waals surface area (Å²) in [6.07, 6.45) is 0.149. The summed E-state index contributed by atoms with van der Waals surface area (Å²) in [4.78, 5) is 4.37. The molecule has 3 N–H and O–H groups in total. The molecule has 0 aliphatic carbocycles. The van der Waals surface area contributed by atoms with Crippen LogP contribution in [0.15, 0.2) is 23.2 Å². The van der Waals surface area contributed by atoms with Crippen molar-refractivity contribution in [1.29, 1.82) is 0 Å². The molecule has 4 nitrogen and oxygen atoms in total. The fourth-order valence-electron chi connectivity index (χ4n) is 1.69. The maximum absolute atomic E-state index is 5.85. The van der Waals surface area contributed by atoms with Crippen molar-refractivity contribution in [2.45, 2.75) is 47.3 Å². The topological polar surface area (TPSA) is 59.6 Å². The third kappa shape index (κ3) is 5.95. The van der Waals surface area contributed by atoms with Crippen LogP contribution in [0, 0.1) is 12.8 Å². The zero-order chi connectivity index (χ0) is 15.1. The molecular formula is C16H27N3O. The van der Waals surface area contributed by atoms with Crippen LogP contribution in [-0.4, -0.2) is 18.6 Å². The Bertz CT molecular complexity index is 453. The lowest BCUT2D eigenvalue weighted by atomic mass is 10.1. The number of hydrogen-bond donors (Lipinski definition) is 2. The van der Waals surface area contributed by atoms with Crippen LogP contribution in [0.5, 0.6) is 5.75 Å². The third-order valence-electron chi connectivity index (χ3n) is 2.70. The van der Waals surface area contributed by atoms with Crippen LogP contribution < -0.4 is 15.8 Å². The van der Waals surface area contributed by atoms with Gasteiger partial charge in [0, 0.05) is 12.1 Å². The maximum Gasteiger partial charge on any atom is 0.188 e. The van der Waals surface area contributed by atoms with Crippen LogP contribution in [0.2, 0.25) is 0 Å². The zero-order valence-corrected chi connectivity index (χ0v) is 13.2. The van der Waals surface area contributed by atoms with Gasteiger partial charge in [-0.15, -0.1) is 0 Å². The molecule has 0 unspecified atom stereocenters. The number of nitrogens with zero attached hydrogens (tertiary/aromatic N) is 1. The number of nitrogens with one attached hydrogen (secondary N) is 1. The highest BCUT2D eigenvalue weighted by Gasteiger charge is 2.06. The Labute approximate surface area is 122 Å². The van der Waals surface area contributed by atoms with Crippen LogP contribution in [0.25, 0.3) is 0 Å². The smallest absolute Gasteiger partial charge is 0.188 e. The fourth-order valence-corrected chi connectivity index (χ4v) is 1.69. The molecule has 0 aliphatic rings. The minimum atomic E-state index is 0.149. The van der Waals surface area contributed by atoms with Crippen molar-refractivity contribution in [1.82, 2.24) is 5.32 Å².